The molecule has 2 heterocycles. The van der Waals surface area contributed by atoms with Crippen LogP contribution in [-0.2, 0) is 6.61 Å². The van der Waals surface area contributed by atoms with Gasteiger partial charge in [0.25, 0.3) is 5.91 Å². The van der Waals surface area contributed by atoms with Crippen molar-refractivity contribution >= 4 is 29.7 Å². The van der Waals surface area contributed by atoms with Crippen LogP contribution in [0.5, 0.6) is 5.75 Å². The van der Waals surface area contributed by atoms with Crippen molar-refractivity contribution in [2.75, 3.05) is 19.6 Å². The van der Waals surface area contributed by atoms with E-state index in [1.807, 2.05) is 29.6 Å². The third-order valence-corrected chi connectivity index (χ3v) is 4.74. The first kappa shape index (κ1) is 18.7. The highest BCUT2D eigenvalue weighted by Gasteiger charge is 2.25. The minimum atomic E-state index is -0.393. The molecule has 5 nitrogen and oxygen atoms in total. The van der Waals surface area contributed by atoms with Gasteiger partial charge in [-0.1, -0.05) is 12.1 Å². The number of nitrogens with one attached hydrogen (secondary N) is 2. The second kappa shape index (κ2) is 9.03. The second-order valence-electron chi connectivity index (χ2n) is 5.59. The number of hydrogen-bond donors (Lipinski definition) is 3. The van der Waals surface area contributed by atoms with E-state index < -0.39 is 6.10 Å². The Kier molecular flexibility index (Phi) is 7.05. The summed E-state index contributed by atoms with van der Waals surface area (Å²) in [5.41, 5.74) is 0.564. The Bertz CT molecular complexity index is 651. The Morgan fingerprint density at radius 3 is 2.92 bits per heavy atom. The lowest BCUT2D eigenvalue weighted by molar-refractivity contribution is 0.0926. The van der Waals surface area contributed by atoms with Crippen LogP contribution < -0.4 is 15.4 Å². The van der Waals surface area contributed by atoms with Crippen LogP contribution in [0.3, 0.4) is 0 Å². The molecule has 0 saturated carbocycles. The van der Waals surface area contributed by atoms with Crippen molar-refractivity contribution in [1.82, 2.24) is 10.6 Å². The van der Waals surface area contributed by atoms with Crippen LogP contribution in [0.15, 0.2) is 41.8 Å². The van der Waals surface area contributed by atoms with Crippen LogP contribution in [0.2, 0.25) is 0 Å². The lowest BCUT2D eigenvalue weighted by atomic mass is 10.1. The standard InChI is InChI=1S/C17H20N2O3S.ClH/c20-16-10-18-8-13(16)9-19-17(21)12-3-1-4-14(7-12)22-11-15-5-2-6-23-15;/h1-7,13,16,18,20H,8-11H2,(H,19,21);1H. The third-order valence-electron chi connectivity index (χ3n) is 3.89. The van der Waals surface area contributed by atoms with Gasteiger partial charge in [-0.15, -0.1) is 23.7 Å². The molecule has 0 bridgehead atoms. The van der Waals surface area contributed by atoms with Gasteiger partial charge in [0, 0.05) is 36.0 Å². The Labute approximate surface area is 151 Å². The predicted octanol–water partition coefficient (Wildman–Crippen LogP) is 2.06. The molecule has 1 amide bonds. The van der Waals surface area contributed by atoms with E-state index in [-0.39, 0.29) is 24.2 Å². The van der Waals surface area contributed by atoms with Gasteiger partial charge in [0.15, 0.2) is 0 Å². The quantitative estimate of drug-likeness (QED) is 0.730. The molecule has 24 heavy (non-hydrogen) atoms. The van der Waals surface area contributed by atoms with Gasteiger partial charge < -0.3 is 20.5 Å². The summed E-state index contributed by atoms with van der Waals surface area (Å²) in [6.45, 7) is 2.29. The maximum atomic E-state index is 12.2. The summed E-state index contributed by atoms with van der Waals surface area (Å²) < 4.78 is 5.72. The van der Waals surface area contributed by atoms with Crippen molar-refractivity contribution in [3.8, 4) is 5.75 Å². The Morgan fingerprint density at radius 1 is 1.33 bits per heavy atom. The molecule has 1 aromatic heterocycles. The average Bonchev–Trinajstić information content (AvgIpc) is 3.22. The lowest BCUT2D eigenvalue weighted by Gasteiger charge is -2.14. The summed E-state index contributed by atoms with van der Waals surface area (Å²) >= 11 is 1.64. The molecule has 1 saturated heterocycles. The van der Waals surface area contributed by atoms with Crippen LogP contribution in [0, 0.1) is 5.92 Å². The van der Waals surface area contributed by atoms with E-state index in [0.29, 0.717) is 31.0 Å². The first-order valence-electron chi connectivity index (χ1n) is 7.64. The molecule has 3 rings (SSSR count). The molecule has 130 valence electrons. The number of halogens is 1. The van der Waals surface area contributed by atoms with Crippen molar-refractivity contribution in [3.05, 3.63) is 52.2 Å². The number of carbonyl (C=O) groups is 1. The average molecular weight is 369 g/mol. The number of benzene rings is 1. The maximum Gasteiger partial charge on any atom is 0.251 e. The molecular formula is C17H21ClN2O3S. The van der Waals surface area contributed by atoms with Gasteiger partial charge in [-0.2, -0.15) is 0 Å². The van der Waals surface area contributed by atoms with Crippen molar-refractivity contribution in [1.29, 1.82) is 0 Å². The fraction of sp³-hybridized carbons (Fsp3) is 0.353. The monoisotopic (exact) mass is 368 g/mol. The minimum absolute atomic E-state index is 0. The van der Waals surface area contributed by atoms with Gasteiger partial charge >= 0.3 is 0 Å². The molecule has 3 N–H and O–H groups in total. The fourth-order valence-corrected chi connectivity index (χ4v) is 3.15. The molecule has 0 spiro atoms. The molecule has 2 aromatic rings. The predicted molar refractivity (Wildman–Crippen MR) is 97.0 cm³/mol. The van der Waals surface area contributed by atoms with Crippen LogP contribution >= 0.6 is 23.7 Å². The van der Waals surface area contributed by atoms with Crippen molar-refractivity contribution < 1.29 is 14.6 Å². The van der Waals surface area contributed by atoms with Crippen molar-refractivity contribution in [2.45, 2.75) is 12.7 Å². The number of carbonyl (C=O) groups excluding carboxylic acids is 1. The van der Waals surface area contributed by atoms with E-state index in [0.717, 1.165) is 11.4 Å². The molecular weight excluding hydrogens is 348 g/mol. The third kappa shape index (κ3) is 4.95. The topological polar surface area (TPSA) is 70.6 Å². The summed E-state index contributed by atoms with van der Waals surface area (Å²) in [7, 11) is 0. The molecule has 7 heteroatoms. The van der Waals surface area contributed by atoms with E-state index >= 15 is 0 Å². The number of amides is 1. The molecule has 0 aliphatic carbocycles. The molecule has 1 aromatic carbocycles. The van der Waals surface area contributed by atoms with E-state index in [1.165, 1.54) is 0 Å². The maximum absolute atomic E-state index is 12.2. The van der Waals surface area contributed by atoms with E-state index in [4.69, 9.17) is 4.74 Å². The number of aliphatic hydroxyl groups is 1. The van der Waals surface area contributed by atoms with Gasteiger partial charge in [-0.25, -0.2) is 0 Å². The van der Waals surface area contributed by atoms with Gasteiger partial charge in [0.2, 0.25) is 0 Å². The summed E-state index contributed by atoms with van der Waals surface area (Å²) in [6, 6.07) is 11.2. The zero-order valence-corrected chi connectivity index (χ0v) is 14.7. The minimum Gasteiger partial charge on any atom is -0.488 e. The highest BCUT2D eigenvalue weighted by atomic mass is 35.5. The van der Waals surface area contributed by atoms with Crippen LogP contribution in [0.25, 0.3) is 0 Å². The molecule has 2 unspecified atom stereocenters. The van der Waals surface area contributed by atoms with Gasteiger partial charge in [-0.05, 0) is 29.6 Å². The lowest BCUT2D eigenvalue weighted by Crippen LogP contribution is -2.34. The second-order valence-corrected chi connectivity index (χ2v) is 6.62. The zero-order valence-electron chi connectivity index (χ0n) is 13.1. The molecule has 1 fully saturated rings. The first-order valence-corrected chi connectivity index (χ1v) is 8.52. The number of ether oxygens (including phenoxy) is 1. The summed E-state index contributed by atoms with van der Waals surface area (Å²) in [4.78, 5) is 13.4. The number of thiophene rings is 1. The van der Waals surface area contributed by atoms with Crippen LogP contribution in [0.1, 0.15) is 15.2 Å². The molecule has 1 aliphatic heterocycles. The number of aliphatic hydroxyl groups excluding tert-OH is 1. The SMILES string of the molecule is Cl.O=C(NCC1CNCC1O)c1cccc(OCc2cccs2)c1. The summed E-state index contributed by atoms with van der Waals surface area (Å²) in [5, 5.41) is 17.7. The van der Waals surface area contributed by atoms with Crippen molar-refractivity contribution in [3.63, 3.8) is 0 Å². The van der Waals surface area contributed by atoms with Crippen molar-refractivity contribution in [2.24, 2.45) is 5.92 Å². The molecule has 2 atom stereocenters. The van der Waals surface area contributed by atoms with E-state index in [9.17, 15) is 9.90 Å². The largest absolute Gasteiger partial charge is 0.488 e. The fourth-order valence-electron chi connectivity index (χ4n) is 2.53. The normalized spacial score (nSPS) is 19.5. The number of hydrogen-bond acceptors (Lipinski definition) is 5. The Hall–Kier alpha value is -1.60. The highest BCUT2D eigenvalue weighted by Crippen LogP contribution is 2.17. The first-order chi connectivity index (χ1) is 11.2. The summed E-state index contributed by atoms with van der Waals surface area (Å²) in [5.74, 6) is 0.594. The molecule has 0 radical (unpaired) electrons. The molecule has 1 aliphatic rings. The Morgan fingerprint density at radius 2 is 2.21 bits per heavy atom. The smallest absolute Gasteiger partial charge is 0.251 e. The summed E-state index contributed by atoms with van der Waals surface area (Å²) in [6.07, 6.45) is -0.393. The highest BCUT2D eigenvalue weighted by molar-refractivity contribution is 7.09. The van der Waals surface area contributed by atoms with Gasteiger partial charge in [0.05, 0.1) is 6.10 Å². The van der Waals surface area contributed by atoms with E-state index in [1.54, 1.807) is 23.5 Å². The van der Waals surface area contributed by atoms with Crippen LogP contribution in [0.4, 0.5) is 0 Å². The number of rotatable bonds is 6. The Balaban J connectivity index is 0.00000208. The van der Waals surface area contributed by atoms with Crippen LogP contribution in [-0.4, -0.2) is 36.8 Å². The van der Waals surface area contributed by atoms with Gasteiger partial charge in [-0.3, -0.25) is 4.79 Å². The van der Waals surface area contributed by atoms with E-state index in [2.05, 4.69) is 10.6 Å². The number of β-amino-alcohol motifs (C(OH)–C–C–N with tert-alkyl or cyclic N) is 1. The van der Waals surface area contributed by atoms with Gasteiger partial charge in [0.1, 0.15) is 12.4 Å². The zero-order chi connectivity index (χ0) is 16.1.